The van der Waals surface area contributed by atoms with Gasteiger partial charge in [0.2, 0.25) is 0 Å². The third-order valence-electron chi connectivity index (χ3n) is 2.32. The van der Waals surface area contributed by atoms with Gasteiger partial charge in [-0.3, -0.25) is 15.8 Å². The van der Waals surface area contributed by atoms with Crippen LogP contribution in [-0.2, 0) is 0 Å². The van der Waals surface area contributed by atoms with Gasteiger partial charge in [-0.1, -0.05) is 0 Å². The van der Waals surface area contributed by atoms with Crippen molar-refractivity contribution in [3.63, 3.8) is 0 Å². The van der Waals surface area contributed by atoms with Gasteiger partial charge in [0.1, 0.15) is 34.1 Å². The van der Waals surface area contributed by atoms with Crippen LogP contribution in [-0.4, -0.2) is 30.6 Å². The molecule has 0 aliphatic rings. The molecule has 0 atom stereocenters. The molecule has 3 aromatic rings. The van der Waals surface area contributed by atoms with Gasteiger partial charge in [-0.05, 0) is 5.18 Å². The number of fused-ring (bicyclic) bond motifs is 2. The van der Waals surface area contributed by atoms with Crippen molar-refractivity contribution in [1.29, 1.82) is 0 Å². The molecule has 1 aromatic carbocycles. The largest absolute Gasteiger partial charge is 0.291 e. The molecule has 0 fully saturated rings. The minimum absolute atomic E-state index is 0.107. The molecule has 0 aliphatic heterocycles. The zero-order valence-corrected chi connectivity index (χ0v) is 7.72. The summed E-state index contributed by atoms with van der Waals surface area (Å²) in [6.45, 7) is 0. The van der Waals surface area contributed by atoms with Crippen LogP contribution in [0.15, 0.2) is 11.5 Å². The Hall–Kier alpha value is -2.55. The van der Waals surface area contributed by atoms with Crippen molar-refractivity contribution in [2.24, 2.45) is 5.18 Å². The van der Waals surface area contributed by atoms with Gasteiger partial charge in [0, 0.05) is 0 Å². The number of benzene rings is 1. The number of rotatable bonds is 2. The number of H-pyrrole nitrogens is 2. The summed E-state index contributed by atoms with van der Waals surface area (Å²) in [5.41, 5.74) is 3.70. The molecule has 3 rings (SSSR count). The minimum Gasteiger partial charge on any atom is -0.291 e. The molecule has 0 aliphatic carbocycles. The molecule has 0 amide bonds. The molecular weight excluding hydrogens is 214 g/mol. The Morgan fingerprint density at radius 1 is 1.31 bits per heavy atom. The Morgan fingerprint density at radius 3 is 2.88 bits per heavy atom. The van der Waals surface area contributed by atoms with E-state index in [2.05, 4.69) is 30.6 Å². The Morgan fingerprint density at radius 2 is 2.12 bits per heavy atom. The standard InChI is InChI=1S/C7H5N7O2/c15-12-6-2-3(9-1-8-2)7(13-16)5-4(6)10-14-11-5/h1,10,13-14,16H. The lowest BCUT2D eigenvalue weighted by Crippen LogP contribution is -1.93. The third-order valence-corrected chi connectivity index (χ3v) is 2.32. The molecule has 2 heterocycles. The zero-order chi connectivity index (χ0) is 11.1. The number of aromatic nitrogens is 5. The maximum atomic E-state index is 10.8. The maximum Gasteiger partial charge on any atom is 0.163 e. The first-order chi connectivity index (χ1) is 7.86. The van der Waals surface area contributed by atoms with Crippen molar-refractivity contribution in [3.8, 4) is 0 Å². The Balaban J connectivity index is 2.64. The van der Waals surface area contributed by atoms with E-state index >= 15 is 0 Å². The molecule has 0 saturated heterocycles. The second-order valence-corrected chi connectivity index (χ2v) is 3.07. The Kier molecular flexibility index (Phi) is 1.62. The first-order valence-electron chi connectivity index (χ1n) is 4.29. The van der Waals surface area contributed by atoms with Crippen molar-refractivity contribution in [1.82, 2.24) is 25.4 Å². The van der Waals surface area contributed by atoms with Crippen LogP contribution in [0.1, 0.15) is 0 Å². The smallest absolute Gasteiger partial charge is 0.163 e. The summed E-state index contributed by atoms with van der Waals surface area (Å²) >= 11 is 0. The molecule has 0 unspecified atom stereocenters. The zero-order valence-electron chi connectivity index (χ0n) is 7.72. The molecular formula is C7H5N7O2. The highest BCUT2D eigenvalue weighted by Gasteiger charge is 2.19. The van der Waals surface area contributed by atoms with E-state index in [1.54, 1.807) is 0 Å². The van der Waals surface area contributed by atoms with Crippen molar-refractivity contribution in [2.75, 3.05) is 5.48 Å². The van der Waals surface area contributed by atoms with Crippen LogP contribution < -0.4 is 5.48 Å². The lowest BCUT2D eigenvalue weighted by Gasteiger charge is -2.01. The monoisotopic (exact) mass is 219 g/mol. The summed E-state index contributed by atoms with van der Waals surface area (Å²) in [5.74, 6) is 0. The average molecular weight is 219 g/mol. The maximum absolute atomic E-state index is 10.8. The normalized spacial score (nSPS) is 11.1. The van der Waals surface area contributed by atoms with E-state index in [1.807, 2.05) is 5.48 Å². The number of nitrogens with zero attached hydrogens (tertiary/aromatic N) is 4. The molecule has 9 nitrogen and oxygen atoms in total. The van der Waals surface area contributed by atoms with E-state index in [0.717, 1.165) is 0 Å². The first kappa shape index (κ1) is 8.73. The van der Waals surface area contributed by atoms with E-state index < -0.39 is 0 Å². The van der Waals surface area contributed by atoms with Crippen LogP contribution in [0.3, 0.4) is 0 Å². The van der Waals surface area contributed by atoms with E-state index in [9.17, 15) is 4.91 Å². The van der Waals surface area contributed by atoms with Gasteiger partial charge in [-0.25, -0.2) is 15.2 Å². The fraction of sp³-hybridized carbons (Fsp3) is 0. The molecule has 80 valence electrons. The van der Waals surface area contributed by atoms with Crippen molar-refractivity contribution >= 4 is 33.4 Å². The van der Waals surface area contributed by atoms with Gasteiger partial charge >= 0.3 is 0 Å². The van der Waals surface area contributed by atoms with E-state index in [-0.39, 0.29) is 11.4 Å². The van der Waals surface area contributed by atoms with E-state index in [0.29, 0.717) is 22.1 Å². The quantitative estimate of drug-likeness (QED) is 0.376. The number of aromatic amines is 2. The minimum atomic E-state index is 0.107. The molecule has 0 bridgehead atoms. The molecule has 4 N–H and O–H groups in total. The predicted octanol–water partition coefficient (Wildman–Crippen LogP) is 1.03. The Labute approximate surface area is 86.8 Å². The van der Waals surface area contributed by atoms with Gasteiger partial charge in [-0.2, -0.15) is 5.10 Å². The predicted molar refractivity (Wildman–Crippen MR) is 54.4 cm³/mol. The summed E-state index contributed by atoms with van der Waals surface area (Å²) in [7, 11) is 0. The van der Waals surface area contributed by atoms with Crippen LogP contribution in [0.4, 0.5) is 11.4 Å². The molecule has 16 heavy (non-hydrogen) atoms. The van der Waals surface area contributed by atoms with Gasteiger partial charge in [-0.15, -0.1) is 4.91 Å². The number of imidazole rings is 1. The number of hydrogen-bond donors (Lipinski definition) is 4. The number of nitrogens with one attached hydrogen (secondary N) is 3. The van der Waals surface area contributed by atoms with E-state index in [4.69, 9.17) is 5.21 Å². The number of nitroso groups, excluding NO2 is 1. The van der Waals surface area contributed by atoms with Crippen molar-refractivity contribution in [3.05, 3.63) is 11.2 Å². The SMILES string of the molecule is O=Nc1c2ncnc2c(NO)c2n[nH][nH]c12. The van der Waals surface area contributed by atoms with Crippen LogP contribution >= 0.6 is 0 Å². The highest BCUT2D eigenvalue weighted by Crippen LogP contribution is 2.36. The molecule has 0 spiro atoms. The average Bonchev–Trinajstić information content (AvgIpc) is 2.93. The fourth-order valence-electron chi connectivity index (χ4n) is 1.66. The molecule has 0 radical (unpaired) electrons. The summed E-state index contributed by atoms with van der Waals surface area (Å²) < 4.78 is 0. The second kappa shape index (κ2) is 2.97. The highest BCUT2D eigenvalue weighted by molar-refractivity contribution is 6.13. The summed E-state index contributed by atoms with van der Waals surface area (Å²) in [5, 5.41) is 20.9. The summed E-state index contributed by atoms with van der Waals surface area (Å²) in [6, 6.07) is 0. The van der Waals surface area contributed by atoms with Crippen molar-refractivity contribution in [2.45, 2.75) is 0 Å². The molecule has 2 aromatic heterocycles. The van der Waals surface area contributed by atoms with E-state index in [1.165, 1.54) is 6.33 Å². The second-order valence-electron chi connectivity index (χ2n) is 3.07. The van der Waals surface area contributed by atoms with Gasteiger partial charge < -0.3 is 0 Å². The lowest BCUT2D eigenvalue weighted by molar-refractivity contribution is 0.390. The van der Waals surface area contributed by atoms with Gasteiger partial charge in [0.05, 0.1) is 0 Å². The molecule has 0 saturated carbocycles. The number of anilines is 1. The van der Waals surface area contributed by atoms with Crippen LogP contribution in [0.5, 0.6) is 0 Å². The van der Waals surface area contributed by atoms with Crippen LogP contribution in [0.2, 0.25) is 0 Å². The summed E-state index contributed by atoms with van der Waals surface area (Å²) in [4.78, 5) is 18.6. The third kappa shape index (κ3) is 0.892. The van der Waals surface area contributed by atoms with Crippen LogP contribution in [0.25, 0.3) is 22.1 Å². The number of hydrogen-bond acceptors (Lipinski definition) is 7. The fourth-order valence-corrected chi connectivity index (χ4v) is 1.66. The molecule has 9 heteroatoms. The topological polar surface area (TPSA) is 132 Å². The Bertz CT molecular complexity index is 633. The highest BCUT2D eigenvalue weighted by atomic mass is 16.5. The van der Waals surface area contributed by atoms with Crippen molar-refractivity contribution < 1.29 is 5.21 Å². The van der Waals surface area contributed by atoms with Gasteiger partial charge in [0.25, 0.3) is 0 Å². The van der Waals surface area contributed by atoms with Crippen LogP contribution in [0, 0.1) is 4.91 Å². The lowest BCUT2D eigenvalue weighted by atomic mass is 10.2. The van der Waals surface area contributed by atoms with Gasteiger partial charge in [0.15, 0.2) is 5.69 Å². The summed E-state index contributed by atoms with van der Waals surface area (Å²) in [6.07, 6.45) is 1.28. The first-order valence-corrected chi connectivity index (χ1v) is 4.29.